The van der Waals surface area contributed by atoms with E-state index in [4.69, 9.17) is 0 Å². The van der Waals surface area contributed by atoms with E-state index in [1.165, 1.54) is 0 Å². The van der Waals surface area contributed by atoms with Crippen LogP contribution < -0.4 is 5.32 Å². The molecule has 3 aliphatic heterocycles. The van der Waals surface area contributed by atoms with Crippen LogP contribution in [0.2, 0.25) is 0 Å². The molecule has 1 N–H and O–H groups in total. The molecule has 0 radical (unpaired) electrons. The molecule has 162 valence electrons. The molecule has 0 fully saturated rings. The Morgan fingerprint density at radius 3 is 1.79 bits per heavy atom. The smallest absolute Gasteiger partial charge is 0.328 e. The molecule has 0 aliphatic carbocycles. The molecule has 3 aliphatic rings. The van der Waals surface area contributed by atoms with Gasteiger partial charge in [-0.15, -0.1) is 5.10 Å². The summed E-state index contributed by atoms with van der Waals surface area (Å²) in [7, 11) is 0. The number of nitrogens with one attached hydrogen (secondary N) is 1. The average Bonchev–Trinajstić information content (AvgIpc) is 2.98. The minimum Gasteiger partial charge on any atom is -0.328 e. The Labute approximate surface area is 149 Å². The summed E-state index contributed by atoms with van der Waals surface area (Å²) < 4.78 is 163. The van der Waals surface area contributed by atoms with Crippen LogP contribution in [-0.4, -0.2) is 50.2 Å². The molecule has 29 heavy (non-hydrogen) atoms. The van der Waals surface area contributed by atoms with Crippen LogP contribution in [0.25, 0.3) is 11.4 Å². The van der Waals surface area contributed by atoms with Gasteiger partial charge in [-0.1, -0.05) is 0 Å². The molecule has 0 aromatic carbocycles. The van der Waals surface area contributed by atoms with Gasteiger partial charge >= 0.3 is 36.2 Å². The van der Waals surface area contributed by atoms with Crippen LogP contribution in [0.5, 0.6) is 0 Å². The molecule has 0 saturated heterocycles. The predicted octanol–water partition coefficient (Wildman–Crippen LogP) is 3.82. The van der Waals surface area contributed by atoms with Gasteiger partial charge in [0.1, 0.15) is 12.1 Å². The van der Waals surface area contributed by atoms with Crippen LogP contribution in [0.1, 0.15) is 0 Å². The van der Waals surface area contributed by atoms with Crippen molar-refractivity contribution < 1.29 is 57.4 Å². The third-order valence-electron chi connectivity index (χ3n) is 3.87. The van der Waals surface area contributed by atoms with Crippen molar-refractivity contribution in [3.8, 4) is 11.4 Å². The fraction of sp³-hybridized carbons (Fsp3) is 0.545. The van der Waals surface area contributed by atoms with Gasteiger partial charge in [0.25, 0.3) is 0 Å². The van der Waals surface area contributed by atoms with Gasteiger partial charge in [-0.3, -0.25) is 9.30 Å². The molecule has 0 saturated carbocycles. The normalized spacial score (nSPS) is 19.7. The molecule has 0 unspecified atom stereocenters. The van der Waals surface area contributed by atoms with Crippen molar-refractivity contribution in [2.75, 3.05) is 5.32 Å². The first-order valence-electron chi connectivity index (χ1n) is 6.83. The SMILES string of the molecule is FC(F)(F)C1(C(F)(F)F)Nc2c3cnnc-3ncn2C(C(F)(F)F)(C(F)(F)F)O1. The highest BCUT2D eigenvalue weighted by Gasteiger charge is 2.86. The number of hydrogen-bond acceptors (Lipinski definition) is 5. The average molecular weight is 449 g/mol. The van der Waals surface area contributed by atoms with E-state index in [1.54, 1.807) is 0 Å². The Balaban J connectivity index is 2.52. The second kappa shape index (κ2) is 5.54. The van der Waals surface area contributed by atoms with E-state index in [9.17, 15) is 52.7 Å². The summed E-state index contributed by atoms with van der Waals surface area (Å²) in [5.74, 6) is -2.72. The predicted molar refractivity (Wildman–Crippen MR) is 64.1 cm³/mol. The van der Waals surface area contributed by atoms with E-state index in [2.05, 4.69) is 19.9 Å². The highest BCUT2D eigenvalue weighted by atomic mass is 19.4. The topological polar surface area (TPSA) is 64.9 Å². The quantitative estimate of drug-likeness (QED) is 0.620. The Morgan fingerprint density at radius 2 is 1.34 bits per heavy atom. The second-order valence-corrected chi connectivity index (χ2v) is 5.59. The van der Waals surface area contributed by atoms with Gasteiger partial charge in [-0.2, -0.15) is 57.8 Å². The van der Waals surface area contributed by atoms with Crippen molar-refractivity contribution in [3.63, 3.8) is 0 Å². The Bertz CT molecular complexity index is 865. The van der Waals surface area contributed by atoms with E-state index in [-0.39, 0.29) is 6.33 Å². The van der Waals surface area contributed by atoms with E-state index in [0.717, 1.165) is 0 Å². The van der Waals surface area contributed by atoms with Crippen LogP contribution in [0.15, 0.2) is 12.5 Å². The summed E-state index contributed by atoms with van der Waals surface area (Å²) >= 11 is 0. The first kappa shape index (κ1) is 21.2. The maximum absolute atomic E-state index is 13.5. The third kappa shape index (κ3) is 2.60. The molecular formula is C11H3F12N5O. The zero-order chi connectivity index (χ0) is 22.3. The second-order valence-electron chi connectivity index (χ2n) is 5.59. The summed E-state index contributed by atoms with van der Waals surface area (Å²) in [6, 6.07) is 0. The monoisotopic (exact) mass is 449 g/mol. The lowest BCUT2D eigenvalue weighted by molar-refractivity contribution is -0.492. The van der Waals surface area contributed by atoms with Crippen LogP contribution in [0, 0.1) is 0 Å². The molecular weight excluding hydrogens is 446 g/mol. The maximum Gasteiger partial charge on any atom is 0.447 e. The molecule has 0 bridgehead atoms. The lowest BCUT2D eigenvalue weighted by atomic mass is 10.0. The fourth-order valence-electron chi connectivity index (χ4n) is 2.61. The van der Waals surface area contributed by atoms with Crippen LogP contribution in [-0.2, 0) is 10.5 Å². The highest BCUT2D eigenvalue weighted by molar-refractivity contribution is 5.72. The molecule has 18 heteroatoms. The van der Waals surface area contributed by atoms with Crippen LogP contribution >= 0.6 is 0 Å². The zero-order valence-corrected chi connectivity index (χ0v) is 12.9. The number of aromatic nitrogens is 4. The highest BCUT2D eigenvalue weighted by Crippen LogP contribution is 2.60. The molecule has 0 spiro atoms. The van der Waals surface area contributed by atoms with Gasteiger partial charge in [-0.05, 0) is 0 Å². The van der Waals surface area contributed by atoms with Crippen molar-refractivity contribution in [1.82, 2.24) is 19.7 Å². The summed E-state index contributed by atoms with van der Waals surface area (Å²) in [5.41, 5.74) is -13.3. The van der Waals surface area contributed by atoms with Gasteiger partial charge < -0.3 is 5.32 Å². The molecule has 0 atom stereocenters. The Kier molecular flexibility index (Phi) is 4.05. The summed E-state index contributed by atoms with van der Waals surface area (Å²) in [6.07, 6.45) is -27.3. The largest absolute Gasteiger partial charge is 0.447 e. The number of fused-ring (bicyclic) bond motifs is 3. The maximum atomic E-state index is 13.5. The number of rotatable bonds is 0. The number of hydrogen-bond donors (Lipinski definition) is 1. The molecule has 3 heterocycles. The van der Waals surface area contributed by atoms with Crippen molar-refractivity contribution >= 4 is 5.82 Å². The van der Waals surface area contributed by atoms with Gasteiger partial charge in [0.05, 0.1) is 11.8 Å². The first-order valence-corrected chi connectivity index (χ1v) is 6.83. The number of halogens is 12. The molecule has 0 amide bonds. The standard InChI is InChI=1S/C11H3F12N5O/c12-8(13,14)6(9(15,16)17)26-5-3-1-25-27-4(3)24-2-28(5)7(29-6,10(18,19)20)11(21,22)23/h1-2,26H. The van der Waals surface area contributed by atoms with Crippen molar-refractivity contribution in [3.05, 3.63) is 12.5 Å². The minimum absolute atomic E-state index is 0.309. The summed E-state index contributed by atoms with van der Waals surface area (Å²) in [6.45, 7) is 0. The molecule has 3 rings (SSSR count). The van der Waals surface area contributed by atoms with Gasteiger partial charge in [0.15, 0.2) is 5.82 Å². The van der Waals surface area contributed by atoms with E-state index < -0.39 is 57.9 Å². The van der Waals surface area contributed by atoms with Crippen LogP contribution in [0.3, 0.4) is 0 Å². The number of ether oxygens (including phenoxy) is 1. The van der Waals surface area contributed by atoms with Crippen molar-refractivity contribution in [2.45, 2.75) is 36.2 Å². The van der Waals surface area contributed by atoms with Crippen LogP contribution in [0.4, 0.5) is 58.5 Å². The summed E-state index contributed by atoms with van der Waals surface area (Å²) in [4.78, 5) is 3.06. The first-order chi connectivity index (χ1) is 12.9. The summed E-state index contributed by atoms with van der Waals surface area (Å²) in [5, 5.41) is 6.70. The van der Waals surface area contributed by atoms with Crippen molar-refractivity contribution in [1.29, 1.82) is 0 Å². The molecule has 0 aromatic rings. The van der Waals surface area contributed by atoms with Gasteiger partial charge in [-0.25, -0.2) is 4.98 Å². The minimum atomic E-state index is -6.85. The fourth-order valence-corrected chi connectivity index (χ4v) is 2.61. The zero-order valence-electron chi connectivity index (χ0n) is 12.9. The van der Waals surface area contributed by atoms with Gasteiger partial charge in [0, 0.05) is 0 Å². The third-order valence-corrected chi connectivity index (χ3v) is 3.87. The molecule has 6 nitrogen and oxygen atoms in total. The lowest BCUT2D eigenvalue weighted by Gasteiger charge is -2.51. The lowest BCUT2D eigenvalue weighted by Crippen LogP contribution is -2.75. The number of anilines is 1. The number of alkyl halides is 12. The molecule has 0 aromatic heterocycles. The van der Waals surface area contributed by atoms with E-state index in [0.29, 0.717) is 11.5 Å². The number of nitrogens with zero attached hydrogens (tertiary/aromatic N) is 4. The van der Waals surface area contributed by atoms with E-state index >= 15 is 0 Å². The van der Waals surface area contributed by atoms with Crippen molar-refractivity contribution in [2.24, 2.45) is 0 Å². The Hall–Kier alpha value is -2.53. The van der Waals surface area contributed by atoms with Gasteiger partial charge in [0.2, 0.25) is 0 Å². The van der Waals surface area contributed by atoms with E-state index in [1.807, 2.05) is 0 Å². The Morgan fingerprint density at radius 1 is 0.828 bits per heavy atom.